The topological polar surface area (TPSA) is 74.6 Å². The number of carbonyl (C=O) groups excluding carboxylic acids is 1. The predicted octanol–water partition coefficient (Wildman–Crippen LogP) is 1.86. The Hall–Kier alpha value is -2.54. The Bertz CT molecular complexity index is 715. The van der Waals surface area contributed by atoms with E-state index in [1.54, 1.807) is 6.26 Å². The first kappa shape index (κ1) is 14.1. The van der Waals surface area contributed by atoms with Gasteiger partial charge >= 0.3 is 6.09 Å². The number of amides is 1. The molecule has 1 N–H and O–H groups in total. The number of para-hydroxylation sites is 1. The summed E-state index contributed by atoms with van der Waals surface area (Å²) < 4.78 is 11.0. The van der Waals surface area contributed by atoms with Crippen molar-refractivity contribution in [1.29, 1.82) is 0 Å². The molecule has 120 valence electrons. The molecule has 1 saturated heterocycles. The summed E-state index contributed by atoms with van der Waals surface area (Å²) in [6.07, 6.45) is 2.28. The highest BCUT2D eigenvalue weighted by Crippen LogP contribution is 2.44. The molecular weight excluding hydrogens is 298 g/mol. The zero-order chi connectivity index (χ0) is 16.0. The Morgan fingerprint density at radius 2 is 2.17 bits per heavy atom. The van der Waals surface area contributed by atoms with Crippen molar-refractivity contribution in [2.75, 3.05) is 22.9 Å². The van der Waals surface area contributed by atoms with E-state index in [0.29, 0.717) is 30.9 Å². The van der Waals surface area contributed by atoms with Gasteiger partial charge in [-0.05, 0) is 18.6 Å². The molecule has 7 heteroatoms. The van der Waals surface area contributed by atoms with Gasteiger partial charge < -0.3 is 19.5 Å². The molecule has 4 rings (SSSR count). The first-order chi connectivity index (χ1) is 11.2. The number of hydrogen-bond acceptors (Lipinski definition) is 6. The number of cyclic esters (lactones) is 1. The van der Waals surface area contributed by atoms with E-state index in [1.807, 2.05) is 36.2 Å². The average molecular weight is 315 g/mol. The van der Waals surface area contributed by atoms with Crippen molar-refractivity contribution in [2.45, 2.75) is 25.6 Å². The number of aliphatic hydroxyl groups excluding tert-OH is 1. The lowest BCUT2D eigenvalue weighted by Gasteiger charge is -2.28. The van der Waals surface area contributed by atoms with Crippen LogP contribution in [-0.2, 0) is 4.74 Å². The fourth-order valence-corrected chi connectivity index (χ4v) is 3.01. The summed E-state index contributed by atoms with van der Waals surface area (Å²) in [5.74, 6) is 1.35. The van der Waals surface area contributed by atoms with Crippen LogP contribution in [0.5, 0.6) is 5.75 Å². The summed E-state index contributed by atoms with van der Waals surface area (Å²) in [7, 11) is 0. The number of fused-ring (bicyclic) bond motifs is 3. The minimum Gasteiger partial charge on any atom is -0.457 e. The van der Waals surface area contributed by atoms with E-state index >= 15 is 0 Å². The number of nitrogens with zero attached hydrogens (tertiary/aromatic N) is 3. The predicted molar refractivity (Wildman–Crippen MR) is 84.9 cm³/mol. The van der Waals surface area contributed by atoms with Crippen molar-refractivity contribution in [3.8, 4) is 5.75 Å². The molecule has 3 aliphatic rings. The van der Waals surface area contributed by atoms with Crippen LogP contribution in [0.3, 0.4) is 0 Å². The maximum Gasteiger partial charge on any atom is 0.414 e. The van der Waals surface area contributed by atoms with Gasteiger partial charge in [-0.1, -0.05) is 13.0 Å². The Kier molecular flexibility index (Phi) is 3.23. The van der Waals surface area contributed by atoms with Crippen LogP contribution in [0.1, 0.15) is 13.3 Å². The maximum atomic E-state index is 12.2. The van der Waals surface area contributed by atoms with Crippen LogP contribution in [0, 0.1) is 0 Å². The second-order valence-corrected chi connectivity index (χ2v) is 5.65. The van der Waals surface area contributed by atoms with Crippen LogP contribution >= 0.6 is 0 Å². The number of hydrogen-bond donors (Lipinski definition) is 1. The van der Waals surface area contributed by atoms with Gasteiger partial charge in [0.15, 0.2) is 11.6 Å². The van der Waals surface area contributed by atoms with Gasteiger partial charge in [0, 0.05) is 6.21 Å². The molecule has 3 aliphatic heterocycles. The van der Waals surface area contributed by atoms with Crippen LogP contribution in [0.4, 0.5) is 16.2 Å². The summed E-state index contributed by atoms with van der Waals surface area (Å²) in [4.78, 5) is 20.0. The molecule has 2 atom stereocenters. The molecular formula is C16H17N3O4. The van der Waals surface area contributed by atoms with Gasteiger partial charge in [0.25, 0.3) is 0 Å². The number of aliphatic imine (C=N–C) groups is 1. The molecule has 3 heterocycles. The van der Waals surface area contributed by atoms with E-state index in [1.165, 1.54) is 4.90 Å². The molecule has 1 amide bonds. The van der Waals surface area contributed by atoms with Crippen LogP contribution in [0.25, 0.3) is 0 Å². The quantitative estimate of drug-likeness (QED) is 0.921. The smallest absolute Gasteiger partial charge is 0.414 e. The molecule has 0 spiro atoms. The summed E-state index contributed by atoms with van der Waals surface area (Å²) in [5, 5.41) is 9.93. The number of anilines is 2. The van der Waals surface area contributed by atoms with Crippen molar-refractivity contribution >= 4 is 23.7 Å². The summed E-state index contributed by atoms with van der Waals surface area (Å²) in [5.41, 5.74) is 1.50. The second-order valence-electron chi connectivity index (χ2n) is 5.65. The number of benzene rings is 1. The van der Waals surface area contributed by atoms with E-state index in [9.17, 15) is 9.90 Å². The molecule has 1 aromatic carbocycles. The van der Waals surface area contributed by atoms with Crippen molar-refractivity contribution < 1.29 is 19.4 Å². The second kappa shape index (κ2) is 5.27. The SMILES string of the molecule is CCC(O)[C@H]1CN(c2cccc3c2OC=C2N=CCN23)C(=O)O1. The van der Waals surface area contributed by atoms with Gasteiger partial charge in [-0.15, -0.1) is 0 Å². The van der Waals surface area contributed by atoms with E-state index in [4.69, 9.17) is 9.47 Å². The van der Waals surface area contributed by atoms with Gasteiger partial charge in [0.1, 0.15) is 12.4 Å². The first-order valence-electron chi connectivity index (χ1n) is 7.65. The first-order valence-corrected chi connectivity index (χ1v) is 7.65. The van der Waals surface area contributed by atoms with Crippen molar-refractivity contribution in [3.63, 3.8) is 0 Å². The zero-order valence-electron chi connectivity index (χ0n) is 12.7. The van der Waals surface area contributed by atoms with E-state index in [2.05, 4.69) is 4.99 Å². The van der Waals surface area contributed by atoms with Gasteiger partial charge in [-0.2, -0.15) is 0 Å². The number of rotatable bonds is 3. The molecule has 0 aliphatic carbocycles. The Labute approximate surface area is 133 Å². The maximum absolute atomic E-state index is 12.2. The Morgan fingerprint density at radius 1 is 1.39 bits per heavy atom. The van der Waals surface area contributed by atoms with Gasteiger partial charge in [-0.25, -0.2) is 9.79 Å². The summed E-state index contributed by atoms with van der Waals surface area (Å²) >= 11 is 0. The number of ether oxygens (including phenoxy) is 2. The lowest BCUT2D eigenvalue weighted by atomic mass is 10.1. The molecule has 0 aromatic heterocycles. The van der Waals surface area contributed by atoms with Gasteiger partial charge in [-0.3, -0.25) is 4.90 Å². The fourth-order valence-electron chi connectivity index (χ4n) is 3.01. The highest BCUT2D eigenvalue weighted by atomic mass is 16.6. The van der Waals surface area contributed by atoms with Crippen molar-refractivity contribution in [2.24, 2.45) is 4.99 Å². The minimum absolute atomic E-state index is 0.306. The van der Waals surface area contributed by atoms with Crippen molar-refractivity contribution in [3.05, 3.63) is 30.3 Å². The Morgan fingerprint density at radius 3 is 2.96 bits per heavy atom. The average Bonchev–Trinajstić information content (AvgIpc) is 3.20. The van der Waals surface area contributed by atoms with E-state index in [-0.39, 0.29) is 0 Å². The van der Waals surface area contributed by atoms with Crippen LogP contribution < -0.4 is 14.5 Å². The van der Waals surface area contributed by atoms with E-state index < -0.39 is 18.3 Å². The highest BCUT2D eigenvalue weighted by Gasteiger charge is 2.38. The van der Waals surface area contributed by atoms with E-state index in [0.717, 1.165) is 11.5 Å². The lowest BCUT2D eigenvalue weighted by molar-refractivity contribution is 0.0308. The van der Waals surface area contributed by atoms with Crippen LogP contribution in [-0.4, -0.2) is 42.7 Å². The third-order valence-electron chi connectivity index (χ3n) is 4.28. The molecule has 23 heavy (non-hydrogen) atoms. The van der Waals surface area contributed by atoms with Gasteiger partial charge in [0.2, 0.25) is 0 Å². The fraction of sp³-hybridized carbons (Fsp3) is 0.375. The molecule has 0 saturated carbocycles. The number of carbonyl (C=O) groups is 1. The van der Waals surface area contributed by atoms with Crippen LogP contribution in [0.15, 0.2) is 35.3 Å². The van der Waals surface area contributed by atoms with Gasteiger partial charge in [0.05, 0.1) is 30.6 Å². The summed E-state index contributed by atoms with van der Waals surface area (Å²) in [6.45, 7) is 2.84. The summed E-state index contributed by atoms with van der Waals surface area (Å²) in [6, 6.07) is 5.62. The number of aliphatic hydroxyl groups is 1. The normalized spacial score (nSPS) is 23.1. The largest absolute Gasteiger partial charge is 0.457 e. The Balaban J connectivity index is 1.67. The molecule has 1 fully saturated rings. The molecule has 0 radical (unpaired) electrons. The highest BCUT2D eigenvalue weighted by molar-refractivity contribution is 5.94. The third-order valence-corrected chi connectivity index (χ3v) is 4.28. The zero-order valence-corrected chi connectivity index (χ0v) is 12.7. The lowest BCUT2D eigenvalue weighted by Crippen LogP contribution is -2.31. The minimum atomic E-state index is -0.664. The molecule has 1 unspecified atom stereocenters. The standard InChI is InChI=1S/C16H17N3O4/c1-2-12(20)13-8-19(16(21)23-13)11-5-3-4-10-15(11)22-9-14-17-6-7-18(10)14/h3-6,9,12-13,20H,2,7-8H2,1H3/t12?,13-/m1/s1. The molecule has 7 nitrogen and oxygen atoms in total. The monoisotopic (exact) mass is 315 g/mol. The van der Waals surface area contributed by atoms with Crippen molar-refractivity contribution in [1.82, 2.24) is 0 Å². The molecule has 1 aromatic rings. The third kappa shape index (κ3) is 2.16. The van der Waals surface area contributed by atoms with Crippen LogP contribution in [0.2, 0.25) is 0 Å². The molecule has 0 bridgehead atoms.